The molecular formula is C23H43NO3. The topological polar surface area (TPSA) is 66.4 Å². The molecule has 0 radical (unpaired) electrons. The van der Waals surface area contributed by atoms with Gasteiger partial charge in [-0.25, -0.2) is 0 Å². The fourth-order valence-corrected chi connectivity index (χ4v) is 3.07. The number of aliphatic carboxylic acids is 1. The van der Waals surface area contributed by atoms with Crippen molar-refractivity contribution in [3.05, 3.63) is 12.2 Å². The van der Waals surface area contributed by atoms with Gasteiger partial charge < -0.3 is 10.4 Å². The lowest BCUT2D eigenvalue weighted by Gasteiger charge is -2.04. The van der Waals surface area contributed by atoms with Gasteiger partial charge >= 0.3 is 5.97 Å². The van der Waals surface area contributed by atoms with Gasteiger partial charge in [-0.2, -0.15) is 0 Å². The molecule has 0 atom stereocenters. The second kappa shape index (κ2) is 21.0. The van der Waals surface area contributed by atoms with E-state index in [2.05, 4.69) is 24.4 Å². The molecule has 158 valence electrons. The van der Waals surface area contributed by atoms with E-state index in [-0.39, 0.29) is 12.3 Å². The number of nitrogens with one attached hydrogen (secondary N) is 1. The lowest BCUT2D eigenvalue weighted by atomic mass is 10.1. The molecule has 0 aliphatic rings. The van der Waals surface area contributed by atoms with Crippen LogP contribution in [0.5, 0.6) is 0 Å². The van der Waals surface area contributed by atoms with Crippen LogP contribution in [-0.4, -0.2) is 23.5 Å². The highest BCUT2D eigenvalue weighted by atomic mass is 16.4. The Hall–Kier alpha value is -1.32. The number of amides is 1. The highest BCUT2D eigenvalue weighted by molar-refractivity contribution is 5.75. The zero-order chi connectivity index (χ0) is 20.0. The number of carbonyl (C=O) groups excluding carboxylic acids is 1. The molecule has 0 heterocycles. The maximum atomic E-state index is 11.6. The van der Waals surface area contributed by atoms with Crippen molar-refractivity contribution in [3.8, 4) is 0 Å². The molecule has 0 aliphatic heterocycles. The molecular weight excluding hydrogens is 338 g/mol. The van der Waals surface area contributed by atoms with Crippen molar-refractivity contribution in [3.63, 3.8) is 0 Å². The summed E-state index contributed by atoms with van der Waals surface area (Å²) >= 11 is 0. The molecule has 4 heteroatoms. The first-order chi connectivity index (χ1) is 13.2. The van der Waals surface area contributed by atoms with E-state index in [9.17, 15) is 9.59 Å². The van der Waals surface area contributed by atoms with Crippen LogP contribution in [0.25, 0.3) is 0 Å². The van der Waals surface area contributed by atoms with E-state index < -0.39 is 5.97 Å². The molecule has 0 aliphatic carbocycles. The standard InChI is InChI=1S/C23H43NO3/c1-2-3-4-5-6-7-8-9-10-11-12-13-14-15-16-19-22(25)24-21-18-17-20-23(26)27/h9-10H,2-8,11-21H2,1H3,(H,24,25)(H,26,27)/b10-9+. The average molecular weight is 382 g/mol. The van der Waals surface area contributed by atoms with E-state index in [1.807, 2.05) is 0 Å². The van der Waals surface area contributed by atoms with Crippen LogP contribution in [0.4, 0.5) is 0 Å². The van der Waals surface area contributed by atoms with Crippen molar-refractivity contribution < 1.29 is 14.7 Å². The van der Waals surface area contributed by atoms with Crippen molar-refractivity contribution >= 4 is 11.9 Å². The summed E-state index contributed by atoms with van der Waals surface area (Å²) in [4.78, 5) is 22.0. The van der Waals surface area contributed by atoms with Crippen LogP contribution < -0.4 is 5.32 Å². The Balaban J connectivity index is 3.22. The van der Waals surface area contributed by atoms with Crippen molar-refractivity contribution in [1.29, 1.82) is 0 Å². The minimum atomic E-state index is -0.769. The van der Waals surface area contributed by atoms with E-state index in [1.165, 1.54) is 70.6 Å². The summed E-state index contributed by atoms with van der Waals surface area (Å²) in [6.45, 7) is 2.85. The third-order valence-corrected chi connectivity index (χ3v) is 4.81. The summed E-state index contributed by atoms with van der Waals surface area (Å²) in [5.74, 6) is -0.669. The van der Waals surface area contributed by atoms with Gasteiger partial charge in [0.1, 0.15) is 0 Å². The zero-order valence-electron chi connectivity index (χ0n) is 17.6. The highest BCUT2D eigenvalue weighted by Gasteiger charge is 2.01. The fraction of sp³-hybridized carbons (Fsp3) is 0.826. The first-order valence-electron chi connectivity index (χ1n) is 11.3. The Bertz CT molecular complexity index is 380. The van der Waals surface area contributed by atoms with E-state index in [0.29, 0.717) is 19.4 Å². The fourth-order valence-electron chi connectivity index (χ4n) is 3.07. The molecule has 0 aromatic heterocycles. The minimum absolute atomic E-state index is 0.1000. The summed E-state index contributed by atoms with van der Waals surface area (Å²) in [7, 11) is 0. The first kappa shape index (κ1) is 25.7. The van der Waals surface area contributed by atoms with Crippen molar-refractivity contribution in [1.82, 2.24) is 5.32 Å². The SMILES string of the molecule is CCCCCCCC/C=C/CCCCCCCC(=O)NCCCCC(=O)O. The van der Waals surface area contributed by atoms with Crippen molar-refractivity contribution in [2.45, 2.75) is 116 Å². The van der Waals surface area contributed by atoms with E-state index in [0.717, 1.165) is 19.3 Å². The van der Waals surface area contributed by atoms with Gasteiger partial charge in [-0.1, -0.05) is 70.4 Å². The van der Waals surface area contributed by atoms with Gasteiger partial charge in [0.25, 0.3) is 0 Å². The average Bonchev–Trinajstić information content (AvgIpc) is 2.64. The monoisotopic (exact) mass is 381 g/mol. The second-order valence-electron chi connectivity index (χ2n) is 7.54. The molecule has 4 nitrogen and oxygen atoms in total. The highest BCUT2D eigenvalue weighted by Crippen LogP contribution is 2.10. The molecule has 0 aromatic rings. The number of hydrogen-bond acceptors (Lipinski definition) is 2. The molecule has 0 saturated carbocycles. The largest absolute Gasteiger partial charge is 0.481 e. The number of carbonyl (C=O) groups is 2. The van der Waals surface area contributed by atoms with Crippen molar-refractivity contribution in [2.24, 2.45) is 0 Å². The van der Waals surface area contributed by atoms with Gasteiger partial charge in [0, 0.05) is 19.4 Å². The maximum Gasteiger partial charge on any atom is 0.303 e. The Kier molecular flexibility index (Phi) is 20.0. The molecule has 0 rings (SSSR count). The molecule has 2 N–H and O–H groups in total. The Morgan fingerprint density at radius 3 is 1.81 bits per heavy atom. The molecule has 0 bridgehead atoms. The van der Waals surface area contributed by atoms with Gasteiger partial charge in [0.05, 0.1) is 0 Å². The minimum Gasteiger partial charge on any atom is -0.481 e. The van der Waals surface area contributed by atoms with Gasteiger partial charge in [-0.05, 0) is 44.9 Å². The van der Waals surface area contributed by atoms with E-state index in [1.54, 1.807) is 0 Å². The summed E-state index contributed by atoms with van der Waals surface area (Å²) in [6.07, 6.45) is 23.2. The zero-order valence-corrected chi connectivity index (χ0v) is 17.6. The van der Waals surface area contributed by atoms with Crippen molar-refractivity contribution in [2.75, 3.05) is 6.54 Å². The lowest BCUT2D eigenvalue weighted by Crippen LogP contribution is -2.24. The van der Waals surface area contributed by atoms with Crippen LogP contribution in [0.15, 0.2) is 12.2 Å². The third kappa shape index (κ3) is 22.6. The van der Waals surface area contributed by atoms with Crippen LogP contribution in [0.2, 0.25) is 0 Å². The number of unbranched alkanes of at least 4 members (excludes halogenated alkanes) is 12. The van der Waals surface area contributed by atoms with Crippen LogP contribution in [0.3, 0.4) is 0 Å². The Morgan fingerprint density at radius 1 is 0.704 bits per heavy atom. The number of allylic oxidation sites excluding steroid dienone is 2. The molecule has 0 saturated heterocycles. The van der Waals surface area contributed by atoms with E-state index in [4.69, 9.17) is 5.11 Å². The van der Waals surface area contributed by atoms with Gasteiger partial charge in [0.15, 0.2) is 0 Å². The van der Waals surface area contributed by atoms with Crippen LogP contribution in [0.1, 0.15) is 116 Å². The third-order valence-electron chi connectivity index (χ3n) is 4.81. The predicted molar refractivity (Wildman–Crippen MR) is 114 cm³/mol. The number of carboxylic acid groups (broad SMARTS) is 1. The Labute approximate surface area is 167 Å². The van der Waals surface area contributed by atoms with Crippen LogP contribution in [0, 0.1) is 0 Å². The first-order valence-corrected chi connectivity index (χ1v) is 11.3. The smallest absolute Gasteiger partial charge is 0.303 e. The van der Waals surface area contributed by atoms with E-state index >= 15 is 0 Å². The summed E-state index contributed by atoms with van der Waals surface area (Å²) in [6, 6.07) is 0. The van der Waals surface area contributed by atoms with Crippen LogP contribution >= 0.6 is 0 Å². The number of rotatable bonds is 20. The quantitative estimate of drug-likeness (QED) is 0.189. The van der Waals surface area contributed by atoms with Gasteiger partial charge in [0.2, 0.25) is 5.91 Å². The summed E-state index contributed by atoms with van der Waals surface area (Å²) < 4.78 is 0. The molecule has 0 spiro atoms. The summed E-state index contributed by atoms with van der Waals surface area (Å²) in [5.41, 5.74) is 0. The summed E-state index contributed by atoms with van der Waals surface area (Å²) in [5, 5.41) is 11.4. The molecule has 27 heavy (non-hydrogen) atoms. The molecule has 1 amide bonds. The normalized spacial score (nSPS) is 11.1. The number of carboxylic acids is 1. The van der Waals surface area contributed by atoms with Gasteiger partial charge in [-0.3, -0.25) is 9.59 Å². The maximum absolute atomic E-state index is 11.6. The number of hydrogen-bond donors (Lipinski definition) is 2. The molecule has 0 aromatic carbocycles. The Morgan fingerprint density at radius 2 is 1.22 bits per heavy atom. The predicted octanol–water partition coefficient (Wildman–Crippen LogP) is 6.40. The second-order valence-corrected chi connectivity index (χ2v) is 7.54. The molecule has 0 unspecified atom stereocenters. The van der Waals surface area contributed by atoms with Gasteiger partial charge in [-0.15, -0.1) is 0 Å². The van der Waals surface area contributed by atoms with Crippen LogP contribution in [-0.2, 0) is 9.59 Å². The lowest BCUT2D eigenvalue weighted by molar-refractivity contribution is -0.137. The molecule has 0 fully saturated rings.